The minimum atomic E-state index is 0.758. The van der Waals surface area contributed by atoms with E-state index in [0.717, 1.165) is 29.8 Å². The van der Waals surface area contributed by atoms with Gasteiger partial charge in [0.25, 0.3) is 0 Å². The Morgan fingerprint density at radius 2 is 1.77 bits per heavy atom. The van der Waals surface area contributed by atoms with Crippen molar-refractivity contribution in [2.75, 3.05) is 19.6 Å². The lowest BCUT2D eigenvalue weighted by Crippen LogP contribution is -2.54. The average Bonchev–Trinajstić information content (AvgIpc) is 2.97. The Balaban J connectivity index is 1.51. The van der Waals surface area contributed by atoms with Gasteiger partial charge in [-0.1, -0.05) is 32.6 Å². The van der Waals surface area contributed by atoms with Crippen molar-refractivity contribution in [1.82, 2.24) is 10.2 Å². The van der Waals surface area contributed by atoms with Crippen LogP contribution in [0.1, 0.15) is 78.1 Å². The molecule has 3 unspecified atom stereocenters. The number of nitrogens with one attached hydrogen (secondary N) is 1. The number of nitrogens with zero attached hydrogens (tertiary/aromatic N) is 1. The number of rotatable bonds is 7. The van der Waals surface area contributed by atoms with Crippen molar-refractivity contribution in [3.05, 3.63) is 0 Å². The number of piperidine rings is 1. The summed E-state index contributed by atoms with van der Waals surface area (Å²) in [6, 6.07) is 1.58. The maximum Gasteiger partial charge on any atom is 0.0198 e. The van der Waals surface area contributed by atoms with Crippen LogP contribution in [0.15, 0.2) is 0 Å². The van der Waals surface area contributed by atoms with Gasteiger partial charge in [-0.3, -0.25) is 4.90 Å². The van der Waals surface area contributed by atoms with E-state index in [1.807, 2.05) is 0 Å². The molecule has 3 aliphatic rings. The van der Waals surface area contributed by atoms with Crippen LogP contribution in [0.5, 0.6) is 0 Å². The Labute approximate surface area is 138 Å². The van der Waals surface area contributed by atoms with E-state index in [1.165, 1.54) is 83.8 Å². The van der Waals surface area contributed by atoms with Crippen molar-refractivity contribution in [1.29, 1.82) is 0 Å². The standard InChI is InChI=1S/C20H38N2/c1-3-7-18-12-20(21-13-17-8-4-5-9-17)15-22(14-18)16(2)19-10-6-11-19/h16-21H,3-15H2,1-2H3. The quantitative estimate of drug-likeness (QED) is 0.748. The highest BCUT2D eigenvalue weighted by Crippen LogP contribution is 2.34. The normalized spacial score (nSPS) is 33.0. The Bertz CT molecular complexity index is 320. The Kier molecular flexibility index (Phi) is 6.21. The van der Waals surface area contributed by atoms with Gasteiger partial charge in [-0.05, 0) is 69.7 Å². The van der Waals surface area contributed by atoms with E-state index in [2.05, 4.69) is 24.1 Å². The zero-order valence-corrected chi connectivity index (χ0v) is 15.0. The summed E-state index contributed by atoms with van der Waals surface area (Å²) in [7, 11) is 0. The molecule has 1 heterocycles. The van der Waals surface area contributed by atoms with Crippen molar-refractivity contribution < 1.29 is 0 Å². The molecule has 22 heavy (non-hydrogen) atoms. The minimum Gasteiger partial charge on any atom is -0.312 e. The summed E-state index contributed by atoms with van der Waals surface area (Å²) in [5.74, 6) is 2.90. The van der Waals surface area contributed by atoms with Gasteiger partial charge < -0.3 is 5.32 Å². The monoisotopic (exact) mass is 306 g/mol. The summed E-state index contributed by atoms with van der Waals surface area (Å²) in [6.45, 7) is 8.83. The fourth-order valence-corrected chi connectivity index (χ4v) is 5.11. The van der Waals surface area contributed by atoms with E-state index in [0.29, 0.717) is 0 Å². The minimum absolute atomic E-state index is 0.758. The molecule has 0 radical (unpaired) electrons. The second kappa shape index (κ2) is 8.15. The van der Waals surface area contributed by atoms with Crippen LogP contribution in [-0.4, -0.2) is 36.6 Å². The molecule has 0 amide bonds. The van der Waals surface area contributed by atoms with Crippen molar-refractivity contribution in [3.8, 4) is 0 Å². The van der Waals surface area contributed by atoms with Crippen LogP contribution < -0.4 is 5.32 Å². The van der Waals surface area contributed by atoms with Gasteiger partial charge in [-0.25, -0.2) is 0 Å². The van der Waals surface area contributed by atoms with Gasteiger partial charge in [0.2, 0.25) is 0 Å². The zero-order valence-electron chi connectivity index (χ0n) is 15.0. The number of likely N-dealkylation sites (tertiary alicyclic amines) is 1. The lowest BCUT2D eigenvalue weighted by Gasteiger charge is -2.46. The van der Waals surface area contributed by atoms with E-state index in [4.69, 9.17) is 0 Å². The molecule has 1 N–H and O–H groups in total. The summed E-state index contributed by atoms with van der Waals surface area (Å²) < 4.78 is 0. The van der Waals surface area contributed by atoms with Gasteiger partial charge in [-0.15, -0.1) is 0 Å². The first kappa shape index (κ1) is 16.8. The second-order valence-corrected chi connectivity index (χ2v) is 8.53. The highest BCUT2D eigenvalue weighted by atomic mass is 15.2. The van der Waals surface area contributed by atoms with Crippen LogP contribution in [0.3, 0.4) is 0 Å². The SMILES string of the molecule is CCCC1CC(NCC2CCCC2)CN(C(C)C2CCC2)C1. The van der Waals surface area contributed by atoms with Crippen LogP contribution in [0.4, 0.5) is 0 Å². The Morgan fingerprint density at radius 1 is 1.00 bits per heavy atom. The fourth-order valence-electron chi connectivity index (χ4n) is 5.11. The lowest BCUT2D eigenvalue weighted by atomic mass is 9.78. The smallest absolute Gasteiger partial charge is 0.0198 e. The van der Waals surface area contributed by atoms with Gasteiger partial charge in [-0.2, -0.15) is 0 Å². The molecule has 1 saturated heterocycles. The van der Waals surface area contributed by atoms with E-state index in [9.17, 15) is 0 Å². The van der Waals surface area contributed by atoms with E-state index >= 15 is 0 Å². The molecule has 2 heteroatoms. The molecule has 0 aromatic rings. The van der Waals surface area contributed by atoms with Crippen molar-refractivity contribution >= 4 is 0 Å². The van der Waals surface area contributed by atoms with E-state index in [-0.39, 0.29) is 0 Å². The molecule has 2 nitrogen and oxygen atoms in total. The summed E-state index contributed by atoms with van der Waals surface area (Å²) in [5, 5.41) is 3.97. The van der Waals surface area contributed by atoms with Gasteiger partial charge in [0.15, 0.2) is 0 Å². The Hall–Kier alpha value is -0.0800. The lowest BCUT2D eigenvalue weighted by molar-refractivity contribution is 0.0486. The third-order valence-corrected chi connectivity index (χ3v) is 6.84. The molecule has 3 rings (SSSR count). The van der Waals surface area contributed by atoms with Crippen LogP contribution in [0, 0.1) is 17.8 Å². The highest BCUT2D eigenvalue weighted by Gasteiger charge is 2.34. The predicted molar refractivity (Wildman–Crippen MR) is 95.1 cm³/mol. The van der Waals surface area contributed by atoms with Crippen molar-refractivity contribution in [2.24, 2.45) is 17.8 Å². The molecule has 3 fully saturated rings. The van der Waals surface area contributed by atoms with Crippen LogP contribution in [0.2, 0.25) is 0 Å². The molecule has 2 aliphatic carbocycles. The molecule has 0 aromatic heterocycles. The molecule has 3 atom stereocenters. The van der Waals surface area contributed by atoms with Gasteiger partial charge in [0, 0.05) is 25.2 Å². The summed E-state index contributed by atoms with van der Waals surface area (Å²) in [6.07, 6.45) is 14.5. The van der Waals surface area contributed by atoms with Crippen molar-refractivity contribution in [2.45, 2.75) is 90.1 Å². The first-order valence-corrected chi connectivity index (χ1v) is 10.2. The molecule has 1 aliphatic heterocycles. The van der Waals surface area contributed by atoms with E-state index < -0.39 is 0 Å². The highest BCUT2D eigenvalue weighted by molar-refractivity contribution is 4.90. The molecule has 0 bridgehead atoms. The van der Waals surface area contributed by atoms with Crippen LogP contribution in [0.25, 0.3) is 0 Å². The maximum atomic E-state index is 3.97. The van der Waals surface area contributed by atoms with Gasteiger partial charge in [0.05, 0.1) is 0 Å². The molecule has 0 aromatic carbocycles. The summed E-state index contributed by atoms with van der Waals surface area (Å²) >= 11 is 0. The third-order valence-electron chi connectivity index (χ3n) is 6.84. The summed E-state index contributed by atoms with van der Waals surface area (Å²) in [5.41, 5.74) is 0. The Morgan fingerprint density at radius 3 is 2.41 bits per heavy atom. The van der Waals surface area contributed by atoms with Crippen molar-refractivity contribution in [3.63, 3.8) is 0 Å². The second-order valence-electron chi connectivity index (χ2n) is 8.53. The number of hydrogen-bond donors (Lipinski definition) is 1. The summed E-state index contributed by atoms with van der Waals surface area (Å²) in [4.78, 5) is 2.85. The van der Waals surface area contributed by atoms with Crippen LogP contribution >= 0.6 is 0 Å². The van der Waals surface area contributed by atoms with Crippen LogP contribution in [-0.2, 0) is 0 Å². The first-order chi connectivity index (χ1) is 10.8. The van der Waals surface area contributed by atoms with Gasteiger partial charge in [0.1, 0.15) is 0 Å². The van der Waals surface area contributed by atoms with Gasteiger partial charge >= 0.3 is 0 Å². The first-order valence-electron chi connectivity index (χ1n) is 10.2. The molecule has 0 spiro atoms. The molecular weight excluding hydrogens is 268 g/mol. The van der Waals surface area contributed by atoms with E-state index in [1.54, 1.807) is 0 Å². The molecule has 128 valence electrons. The maximum absolute atomic E-state index is 3.97. The fraction of sp³-hybridized carbons (Fsp3) is 1.00. The zero-order chi connectivity index (χ0) is 15.4. The molecular formula is C20H38N2. The topological polar surface area (TPSA) is 15.3 Å². The number of hydrogen-bond acceptors (Lipinski definition) is 2. The predicted octanol–water partition coefficient (Wildman–Crippen LogP) is 4.45. The third kappa shape index (κ3) is 4.26. The largest absolute Gasteiger partial charge is 0.312 e. The average molecular weight is 307 g/mol. The molecule has 2 saturated carbocycles.